The molecule has 2 heterocycles. The number of hydroxylamine groups is 2. The van der Waals surface area contributed by atoms with Gasteiger partial charge >= 0.3 is 11.6 Å². The van der Waals surface area contributed by atoms with Gasteiger partial charge in [0.25, 0.3) is 21.9 Å². The molecule has 204 valence electrons. The third-order valence-corrected chi connectivity index (χ3v) is 8.14. The zero-order valence-corrected chi connectivity index (χ0v) is 23.0. The summed E-state index contributed by atoms with van der Waals surface area (Å²) in [6, 6.07) is 3.86. The van der Waals surface area contributed by atoms with E-state index in [1.165, 1.54) is 18.2 Å². The monoisotopic (exact) mass is 585 g/mol. The minimum absolute atomic E-state index is 0.0464. The van der Waals surface area contributed by atoms with E-state index in [4.69, 9.17) is 20.9 Å². The first kappa shape index (κ1) is 29.3. The lowest BCUT2D eigenvalue weighted by Gasteiger charge is -2.15. The summed E-state index contributed by atoms with van der Waals surface area (Å²) in [5, 5.41) is 10.7. The molecule has 0 saturated carbocycles. The van der Waals surface area contributed by atoms with Crippen molar-refractivity contribution in [2.45, 2.75) is 57.8 Å². The number of nitrogens with zero attached hydrogens (tertiary/aromatic N) is 1. The summed E-state index contributed by atoms with van der Waals surface area (Å²) in [4.78, 5) is 52.3. The molecule has 38 heavy (non-hydrogen) atoms. The van der Waals surface area contributed by atoms with E-state index in [2.05, 4.69) is 0 Å². The number of carbonyl (C=O) groups is 3. The van der Waals surface area contributed by atoms with Gasteiger partial charge in [-0.3, -0.25) is 14.1 Å². The lowest BCUT2D eigenvalue weighted by atomic mass is 10.0. The number of aromatic hydroxyl groups is 1. The maximum atomic E-state index is 12.8. The van der Waals surface area contributed by atoms with Gasteiger partial charge in [0.15, 0.2) is 0 Å². The quantitative estimate of drug-likeness (QED) is 0.167. The number of thiophene rings is 1. The van der Waals surface area contributed by atoms with Crippen molar-refractivity contribution in [3.8, 4) is 16.2 Å². The molecule has 0 aliphatic carbocycles. The van der Waals surface area contributed by atoms with Crippen LogP contribution in [-0.4, -0.2) is 40.9 Å². The van der Waals surface area contributed by atoms with Crippen LogP contribution in [0.15, 0.2) is 32.3 Å². The summed E-state index contributed by atoms with van der Waals surface area (Å²) in [6.45, 7) is 3.80. The Labute approximate surface area is 226 Å². The molecule has 0 aliphatic heterocycles. The van der Waals surface area contributed by atoms with E-state index in [0.717, 1.165) is 25.2 Å². The highest BCUT2D eigenvalue weighted by Gasteiger charge is 2.24. The molecule has 11 nitrogen and oxygen atoms in total. The number of benzene rings is 1. The van der Waals surface area contributed by atoms with Gasteiger partial charge in [0.2, 0.25) is 0 Å². The average molecular weight is 586 g/mol. The number of hydrogen-bond donors (Lipinski definition) is 2. The summed E-state index contributed by atoms with van der Waals surface area (Å²) >= 11 is 7.01. The normalized spacial score (nSPS) is 11.5. The third kappa shape index (κ3) is 6.59. The molecule has 0 aliphatic rings. The zero-order chi connectivity index (χ0) is 28.4. The Bertz CT molecular complexity index is 1580. The minimum Gasteiger partial charge on any atom is -0.506 e. The van der Waals surface area contributed by atoms with E-state index in [1.807, 2.05) is 0 Å². The van der Waals surface area contributed by atoms with Crippen molar-refractivity contribution in [1.82, 2.24) is 5.06 Å². The summed E-state index contributed by atoms with van der Waals surface area (Å²) in [6.07, 6.45) is 1.38. The number of imide groups is 1. The maximum absolute atomic E-state index is 12.8. The number of amides is 2. The summed E-state index contributed by atoms with van der Waals surface area (Å²) in [5.74, 6) is -2.48. The number of halogens is 1. The maximum Gasteiger partial charge on any atom is 0.345 e. The van der Waals surface area contributed by atoms with Gasteiger partial charge in [-0.05, 0) is 43.9 Å². The molecule has 0 bridgehead atoms. The highest BCUT2D eigenvalue weighted by molar-refractivity contribution is 7.86. The molecule has 0 fully saturated rings. The smallest absolute Gasteiger partial charge is 0.345 e. The Balaban J connectivity index is 1.78. The summed E-state index contributed by atoms with van der Waals surface area (Å²) < 4.78 is 39.2. The number of hydrogen-bond acceptors (Lipinski definition) is 10. The second-order valence-electron chi connectivity index (χ2n) is 8.42. The fourth-order valence-corrected chi connectivity index (χ4v) is 6.32. The predicted molar refractivity (Wildman–Crippen MR) is 138 cm³/mol. The molecule has 0 radical (unpaired) electrons. The van der Waals surface area contributed by atoms with Gasteiger partial charge in [-0.15, -0.1) is 16.4 Å². The van der Waals surface area contributed by atoms with Gasteiger partial charge in [0.05, 0.1) is 10.6 Å². The molecular formula is C24H24ClNO10S2. The molecule has 3 rings (SSSR count). The topological polar surface area (TPSA) is 168 Å². The Morgan fingerprint density at radius 2 is 1.76 bits per heavy atom. The molecule has 2 aromatic heterocycles. The summed E-state index contributed by atoms with van der Waals surface area (Å²) in [5.41, 5.74) is -0.0894. The lowest BCUT2D eigenvalue weighted by Crippen LogP contribution is -2.35. The first-order valence-corrected chi connectivity index (χ1v) is 13.9. The van der Waals surface area contributed by atoms with Gasteiger partial charge < -0.3 is 14.4 Å². The number of rotatable bonds is 8. The fourth-order valence-electron chi connectivity index (χ4n) is 3.80. The number of aryl methyl sites for hydroxylation is 2. The second-order valence-corrected chi connectivity index (χ2v) is 11.4. The highest BCUT2D eigenvalue weighted by Crippen LogP contribution is 2.38. The van der Waals surface area contributed by atoms with Crippen LogP contribution in [0.25, 0.3) is 21.4 Å². The lowest BCUT2D eigenvalue weighted by molar-refractivity contribution is -0.200. The Kier molecular flexibility index (Phi) is 8.97. The van der Waals surface area contributed by atoms with Crippen LogP contribution in [0.4, 0.5) is 0 Å². The number of carbonyl (C=O) groups excluding carboxylic acids is 3. The number of unbranched alkanes of at least 4 members (excludes halogenated alkanes) is 2. The molecular weight excluding hydrogens is 562 g/mol. The number of fused-ring (bicyclic) bond motifs is 1. The first-order valence-electron chi connectivity index (χ1n) is 11.3. The van der Waals surface area contributed by atoms with Crippen molar-refractivity contribution < 1.29 is 41.7 Å². The Hall–Kier alpha value is -3.26. The van der Waals surface area contributed by atoms with Crippen molar-refractivity contribution in [2.75, 3.05) is 0 Å². The summed E-state index contributed by atoms with van der Waals surface area (Å²) in [7, 11) is -4.61. The highest BCUT2D eigenvalue weighted by atomic mass is 35.5. The molecule has 14 heteroatoms. The molecule has 2 amide bonds. The third-order valence-electron chi connectivity index (χ3n) is 5.58. The molecule has 0 saturated heterocycles. The Morgan fingerprint density at radius 3 is 2.37 bits per heavy atom. The van der Waals surface area contributed by atoms with E-state index in [9.17, 15) is 37.3 Å². The van der Waals surface area contributed by atoms with Crippen LogP contribution in [0.2, 0.25) is 5.02 Å². The van der Waals surface area contributed by atoms with Gasteiger partial charge in [0.1, 0.15) is 16.2 Å². The Morgan fingerprint density at radius 1 is 1.11 bits per heavy atom. The molecule has 0 atom stereocenters. The first-order chi connectivity index (χ1) is 17.7. The number of phenols is 1. The van der Waals surface area contributed by atoms with Gasteiger partial charge in [-0.2, -0.15) is 8.42 Å². The van der Waals surface area contributed by atoms with Gasteiger partial charge in [0, 0.05) is 41.5 Å². The molecule has 1 aromatic carbocycles. The van der Waals surface area contributed by atoms with Crippen LogP contribution in [0.1, 0.15) is 50.0 Å². The van der Waals surface area contributed by atoms with Gasteiger partial charge in [-0.25, -0.2) is 9.59 Å². The van der Waals surface area contributed by atoms with Gasteiger partial charge in [-0.1, -0.05) is 18.0 Å². The molecule has 0 unspecified atom stereocenters. The molecule has 0 spiro atoms. The predicted octanol–water partition coefficient (Wildman–Crippen LogP) is 4.39. The zero-order valence-electron chi connectivity index (χ0n) is 20.6. The van der Waals surface area contributed by atoms with Crippen LogP contribution in [0.5, 0.6) is 5.75 Å². The van der Waals surface area contributed by atoms with E-state index >= 15 is 0 Å². The van der Waals surface area contributed by atoms with Crippen molar-refractivity contribution in [2.24, 2.45) is 0 Å². The van der Waals surface area contributed by atoms with Crippen molar-refractivity contribution in [3.63, 3.8) is 0 Å². The van der Waals surface area contributed by atoms with E-state index < -0.39 is 33.5 Å². The molecule has 3 aromatic rings. The van der Waals surface area contributed by atoms with Crippen molar-refractivity contribution in [1.29, 1.82) is 0 Å². The van der Waals surface area contributed by atoms with Crippen LogP contribution in [-0.2, 0) is 35.8 Å². The SMILES string of the molecule is CC(=O)N(OC(=O)CCCCCc1sc(-c2c(C)c3cc(Cl)c(O)cc3oc2=O)cc1S(=O)(=O)O)C(C)=O. The van der Waals surface area contributed by atoms with E-state index in [0.29, 0.717) is 40.2 Å². The van der Waals surface area contributed by atoms with E-state index in [-0.39, 0.29) is 44.5 Å². The molecule has 2 N–H and O–H groups in total. The van der Waals surface area contributed by atoms with Crippen LogP contribution < -0.4 is 5.63 Å². The van der Waals surface area contributed by atoms with Crippen molar-refractivity contribution in [3.05, 3.63) is 44.1 Å². The number of phenolic OH excluding ortho intramolecular Hbond substituents is 1. The van der Waals surface area contributed by atoms with Crippen LogP contribution in [0.3, 0.4) is 0 Å². The van der Waals surface area contributed by atoms with E-state index in [1.54, 1.807) is 6.92 Å². The average Bonchev–Trinajstić information content (AvgIpc) is 3.22. The van der Waals surface area contributed by atoms with Crippen LogP contribution >= 0.6 is 22.9 Å². The van der Waals surface area contributed by atoms with Crippen molar-refractivity contribution >= 4 is 61.8 Å². The van der Waals surface area contributed by atoms with Crippen LogP contribution in [0, 0.1) is 6.92 Å². The second kappa shape index (κ2) is 11.6. The minimum atomic E-state index is -4.61. The standard InChI is InChI=1S/C24H24ClNO10S2/c1-12-15-9-16(25)17(29)10-18(15)35-24(31)23(12)20-11-21(38(32,33)34)19(37-20)7-5-4-6-8-22(30)36-26(13(2)27)14(3)28/h9-11,29H,4-8H2,1-3H3,(H,32,33,34). The largest absolute Gasteiger partial charge is 0.506 e. The fraction of sp³-hybridized carbons (Fsp3) is 0.333.